The Morgan fingerprint density at radius 2 is 0.731 bits per heavy atom. The standard InChI is InChI=1S/C25H20NO3P.C20H19NO5.C19H17NO5.C18H15P.C12H13NO3.C7H6BrNO3.CH4.Al.BrH.3ClH/c27-25-17-16-21(26(28)29)18-20(25)19-30(22-10-4-1-5-11-22,23-12-6-2-7-13-23)24-14-8-3-9-15-24;1-3-4-5-18-19(20(22)13-6-9-15(25-2)10-7-13)16-12-14(21(23)24)8-11-17(16)26-18;1-2-3-4-17-18(19(22)12-5-8-14(21)9-6-12)15-11-13(20(23)24)7-10-16(15)25-17;1-4-10-16(11-5-1)19(17-12-6-2-7-13-17)18-14-8-3-9-15-18;1-2-3-4-11-8-9-7-10(13(14)15)5-6-12(9)16-11;8-4-5-3-6(9(11)12)1-2-7(5)10;;;;;;/h1-18H,19H2;6-12H,3-5H2,1-2H3;5-11,21H,2-4H2,1H3;1-15H;5-8H,2-4H2,1H3;1-3,10H,4H2;1H4;;4*1H/q;;;;;;;+3;;;;/p-3. The van der Waals surface area contributed by atoms with Gasteiger partial charge in [0, 0.05) is 124 Å². The average Bonchev–Trinajstić information content (AvgIpc) is 1.16. The van der Waals surface area contributed by atoms with Gasteiger partial charge in [-0.05, 0) is 164 Å². The summed E-state index contributed by atoms with van der Waals surface area (Å²) in [6, 6.07) is 99.1. The van der Waals surface area contributed by atoms with Gasteiger partial charge in [0.25, 0.3) is 28.4 Å². The second-order valence-electron chi connectivity index (χ2n) is 29.4. The molecule has 3 N–H and O–H groups in total. The summed E-state index contributed by atoms with van der Waals surface area (Å²) in [5.74, 6) is 2.39. The summed E-state index contributed by atoms with van der Waals surface area (Å²) >= 11 is 1.39. The van der Waals surface area contributed by atoms with Crippen LogP contribution in [0.1, 0.15) is 127 Å². The van der Waals surface area contributed by atoms with Crippen molar-refractivity contribution in [1.82, 2.24) is 0 Å². The Hall–Kier alpha value is -12.8. The van der Waals surface area contributed by atoms with Crippen LogP contribution in [0.2, 0.25) is 0 Å². The van der Waals surface area contributed by atoms with Gasteiger partial charge in [-0.2, -0.15) is 0 Å². The van der Waals surface area contributed by atoms with E-state index in [1.54, 1.807) is 49.6 Å². The van der Waals surface area contributed by atoms with E-state index in [-0.39, 0.29) is 81.7 Å². The third kappa shape index (κ3) is 29.1. The van der Waals surface area contributed by atoms with Crippen molar-refractivity contribution in [2.75, 3.05) is 7.11 Å². The van der Waals surface area contributed by atoms with Crippen molar-refractivity contribution in [3.63, 3.8) is 0 Å². The molecule has 24 nitrogen and oxygen atoms in total. The van der Waals surface area contributed by atoms with Crippen LogP contribution < -0.4 is 53.5 Å². The minimum Gasteiger partial charge on any atom is -1.00 e. The zero-order chi connectivity index (χ0) is 94.8. The smallest absolute Gasteiger partial charge is 0.643 e. The van der Waals surface area contributed by atoms with Gasteiger partial charge in [-0.1, -0.05) is 209 Å². The van der Waals surface area contributed by atoms with E-state index >= 15 is 0 Å². The Bertz CT molecular complexity index is 6370. The number of benzene rings is 13. The first kappa shape index (κ1) is 107. The SMILES string of the molecule is C.CCCCc1cc2cc([N+](=O)[O-])ccc2o1.CCCCc1oc2ccc([N+](=O)[O-])cc2c1C(=O)c1ccc(O)cc1.CCCCc1oc2ccc([N+](=O)[O-])cc2c1C(=O)c1ccc(OC)cc1.O=[N+]([O-])c1ccc(O)c(CBr)c1.O=[N+]([O-])c1ccc(O)c(C[P+](c2ccccc2)(c2ccccc2)c2ccccc2)c1.[Br-].[Cl][Al]([Cl])[Cl].c1ccc(P(c2ccccc2)c2ccccc2)cc1. The Morgan fingerprint density at radius 3 is 1.09 bits per heavy atom. The van der Waals surface area contributed by atoms with E-state index in [1.165, 1.54) is 113 Å². The van der Waals surface area contributed by atoms with Crippen LogP contribution >= 0.6 is 61.3 Å². The summed E-state index contributed by atoms with van der Waals surface area (Å²) in [5.41, 5.74) is 4.32. The Kier molecular flexibility index (Phi) is 42.3. The molecule has 0 fully saturated rings. The number of ether oxygens (including phenoxy) is 1. The van der Waals surface area contributed by atoms with Crippen molar-refractivity contribution in [3.8, 4) is 23.0 Å². The average molecular weight is 2050 g/mol. The lowest BCUT2D eigenvalue weighted by molar-refractivity contribution is -0.385. The molecule has 0 spiro atoms. The predicted octanol–water partition coefficient (Wildman–Crippen LogP) is 23.0. The maximum absolute atomic E-state index is 13.1. The van der Waals surface area contributed by atoms with E-state index in [4.69, 9.17) is 53.2 Å². The number of nitrogens with zero attached hydrogens (tertiary/aromatic N) is 5. The molecule has 690 valence electrons. The molecule has 0 amide bonds. The van der Waals surface area contributed by atoms with Gasteiger partial charge in [0.1, 0.15) is 86.4 Å². The molecule has 0 saturated carbocycles. The molecule has 0 atom stereocenters. The topological polar surface area (TPSA) is 359 Å². The number of fused-ring (bicyclic) bond motifs is 3. The highest BCUT2D eigenvalue weighted by Crippen LogP contribution is 2.59. The van der Waals surface area contributed by atoms with Crippen molar-refractivity contribution >= 4 is 177 Å². The number of unbranched alkanes of at least 4 members (excludes halogenated alkanes) is 3. The minimum absolute atomic E-state index is 0. The van der Waals surface area contributed by atoms with Crippen LogP contribution in [0.15, 0.2) is 341 Å². The van der Waals surface area contributed by atoms with Crippen molar-refractivity contribution in [2.24, 2.45) is 0 Å². The molecular weight excluding hydrogens is 1950 g/mol. The van der Waals surface area contributed by atoms with Crippen molar-refractivity contribution < 1.29 is 84.5 Å². The highest BCUT2D eigenvalue weighted by Gasteiger charge is 2.46. The number of nitro benzene ring substituents is 5. The van der Waals surface area contributed by atoms with Gasteiger partial charge in [0.2, 0.25) is 0 Å². The lowest BCUT2D eigenvalue weighted by atomic mass is 9.98. The second-order valence-corrected chi connectivity index (χ2v) is 42.1. The highest BCUT2D eigenvalue weighted by atomic mass is 79.9. The molecular formula is C102H95AlBr2Cl3N5O19P2. The molecule has 0 bridgehead atoms. The lowest BCUT2D eigenvalue weighted by Crippen LogP contribution is -3.00. The number of non-ortho nitro benzene ring substituents is 5. The number of aromatic hydroxyl groups is 3. The number of hydrogen-bond donors (Lipinski definition) is 3. The highest BCUT2D eigenvalue weighted by molar-refractivity contribution is 9.08. The first-order valence-electron chi connectivity index (χ1n) is 41.7. The van der Waals surface area contributed by atoms with Crippen LogP contribution in [0.5, 0.6) is 23.0 Å². The van der Waals surface area contributed by atoms with Crippen LogP contribution in [-0.2, 0) is 30.8 Å². The molecule has 32 heteroatoms. The van der Waals surface area contributed by atoms with Crippen LogP contribution in [0.4, 0.5) is 28.4 Å². The van der Waals surface area contributed by atoms with Crippen LogP contribution in [0.3, 0.4) is 0 Å². The number of furan rings is 3. The molecule has 0 aliphatic heterocycles. The number of nitro groups is 5. The van der Waals surface area contributed by atoms with Crippen LogP contribution in [-0.4, -0.2) is 70.0 Å². The number of rotatable bonds is 28. The molecule has 3 heterocycles. The summed E-state index contributed by atoms with van der Waals surface area (Å²) < 4.78 is 22.4. The fourth-order valence-corrected chi connectivity index (χ4v) is 21.2. The number of carbonyl (C=O) groups excluding carboxylic acids is 2. The van der Waals surface area contributed by atoms with E-state index in [9.17, 15) is 70.4 Å². The third-order valence-corrected chi connectivity index (χ3v) is 28.0. The molecule has 134 heavy (non-hydrogen) atoms. The zero-order valence-electron chi connectivity index (χ0n) is 72.4. The summed E-state index contributed by atoms with van der Waals surface area (Å²) in [4.78, 5) is 78.3. The Morgan fingerprint density at radius 1 is 0.410 bits per heavy atom. The normalized spacial score (nSPS) is 10.5. The summed E-state index contributed by atoms with van der Waals surface area (Å²) in [7, 11) is 13.7. The molecule has 16 rings (SSSR count). The monoisotopic (exact) mass is 2050 g/mol. The quantitative estimate of drug-likeness (QED) is 0.0102. The number of aryl methyl sites for hydroxylation is 3. The molecule has 13 aromatic carbocycles. The van der Waals surface area contributed by atoms with Gasteiger partial charge >= 0.3 is 11.4 Å². The van der Waals surface area contributed by atoms with Crippen molar-refractivity contribution in [3.05, 3.63) is 429 Å². The third-order valence-electron chi connectivity index (χ3n) is 20.6. The fraction of sp³-hybridized carbons (Fsp3) is 0.157. The van der Waals surface area contributed by atoms with Crippen molar-refractivity contribution in [2.45, 2.75) is 97.5 Å². The number of phenols is 3. The van der Waals surface area contributed by atoms with E-state index < -0.39 is 51.2 Å². The summed E-state index contributed by atoms with van der Waals surface area (Å²) in [6.07, 6.45) is 8.34. The van der Waals surface area contributed by atoms with E-state index in [1.807, 2.05) is 67.6 Å². The van der Waals surface area contributed by atoms with Gasteiger partial charge in [0.15, 0.2) is 11.6 Å². The fourth-order valence-electron chi connectivity index (χ4n) is 14.1. The van der Waals surface area contributed by atoms with Gasteiger partial charge in [-0.15, -0.1) is 0 Å². The number of phenolic OH excluding ortho intramolecular Hbond substituents is 3. The number of halogens is 5. The van der Waals surface area contributed by atoms with Gasteiger partial charge in [-0.25, -0.2) is 30.1 Å². The molecule has 3 aromatic heterocycles. The number of ketones is 2. The second kappa shape index (κ2) is 53.2. The van der Waals surface area contributed by atoms with E-state index in [0.717, 1.165) is 77.6 Å². The minimum atomic E-state index is -2.23. The maximum atomic E-state index is 13.1. The van der Waals surface area contributed by atoms with Crippen LogP contribution in [0.25, 0.3) is 32.9 Å². The Labute approximate surface area is 811 Å². The molecule has 0 aliphatic rings. The maximum Gasteiger partial charge on any atom is 0.643 e. The van der Waals surface area contributed by atoms with Gasteiger partial charge in [0.05, 0.1) is 42.9 Å². The number of alkyl halides is 1. The molecule has 16 aromatic rings. The molecule has 0 unspecified atom stereocenters. The first-order chi connectivity index (χ1) is 63.7. The first-order valence-corrected chi connectivity index (χ1v) is 51.4. The Balaban J connectivity index is 0.000000199. The van der Waals surface area contributed by atoms with E-state index in [2.05, 4.69) is 157 Å². The lowest BCUT2D eigenvalue weighted by Gasteiger charge is -2.28. The van der Waals surface area contributed by atoms with Gasteiger partial charge in [-0.3, -0.25) is 60.2 Å². The zero-order valence-corrected chi connectivity index (χ0v) is 80.8. The molecule has 0 aliphatic carbocycles. The number of hydrogen-bond acceptors (Lipinski definition) is 19. The number of methoxy groups -OCH3 is 1. The number of carbonyl (C=O) groups is 2. The molecule has 0 saturated heterocycles. The predicted molar refractivity (Wildman–Crippen MR) is 539 cm³/mol. The largest absolute Gasteiger partial charge is 1.00 e. The van der Waals surface area contributed by atoms with Gasteiger partial charge < -0.3 is 50.3 Å². The summed E-state index contributed by atoms with van der Waals surface area (Å²) in [5, 5.41) is 93.4. The van der Waals surface area contributed by atoms with Crippen molar-refractivity contribution in [1.29, 1.82) is 0 Å². The molecule has 0 radical (unpaired) electrons. The van der Waals surface area contributed by atoms with Crippen LogP contribution in [0, 0.1) is 50.6 Å². The summed E-state index contributed by atoms with van der Waals surface area (Å²) in [6.45, 7) is 6.21. The van der Waals surface area contributed by atoms with E-state index in [0.29, 0.717) is 96.9 Å².